The van der Waals surface area contributed by atoms with Crippen LogP contribution in [0.25, 0.3) is 0 Å². The third-order valence-electron chi connectivity index (χ3n) is 3.11. The van der Waals surface area contributed by atoms with Crippen molar-refractivity contribution in [1.82, 2.24) is 10.2 Å². The Kier molecular flexibility index (Phi) is 7.96. The van der Waals surface area contributed by atoms with E-state index in [0.29, 0.717) is 35.0 Å². The maximum Gasteiger partial charge on any atom is 0.315 e. The van der Waals surface area contributed by atoms with Gasteiger partial charge in [0, 0.05) is 23.0 Å². The first-order chi connectivity index (χ1) is 10.1. The van der Waals surface area contributed by atoms with Crippen LogP contribution in [0.3, 0.4) is 0 Å². The quantitative estimate of drug-likeness (QED) is 0.725. The van der Waals surface area contributed by atoms with Gasteiger partial charge in [0.05, 0.1) is 0 Å². The first-order valence-electron chi connectivity index (χ1n) is 6.81. The molecule has 2 aromatic rings. The highest BCUT2D eigenvalue weighted by atomic mass is 35.5. The fourth-order valence-corrected chi connectivity index (χ4v) is 2.63. The van der Waals surface area contributed by atoms with E-state index >= 15 is 0 Å². The van der Waals surface area contributed by atoms with Crippen LogP contribution in [-0.4, -0.2) is 16.7 Å². The molecule has 0 fully saturated rings. The summed E-state index contributed by atoms with van der Waals surface area (Å²) >= 11 is 12.1. The molecule has 0 radical (unpaired) electrons. The topological polar surface area (TPSA) is 77.0 Å². The lowest BCUT2D eigenvalue weighted by molar-refractivity contribution is 0.493. The molecule has 0 saturated heterocycles. The average molecular weight is 366 g/mol. The Bertz CT molecular complexity index is 581. The second-order valence-electron chi connectivity index (χ2n) is 4.78. The van der Waals surface area contributed by atoms with E-state index in [4.69, 9.17) is 33.4 Å². The van der Waals surface area contributed by atoms with Crippen LogP contribution in [0, 0.1) is 6.92 Å². The summed E-state index contributed by atoms with van der Waals surface area (Å²) in [4.78, 5) is 0. The van der Waals surface area contributed by atoms with Crippen molar-refractivity contribution >= 4 is 41.6 Å². The molecule has 0 bridgehead atoms. The number of nitrogens with two attached hydrogens (primary N) is 1. The third-order valence-corrected chi connectivity index (χ3v) is 3.67. The number of benzene rings is 1. The maximum atomic E-state index is 6.19. The van der Waals surface area contributed by atoms with Crippen LogP contribution in [0.1, 0.15) is 29.9 Å². The lowest BCUT2D eigenvalue weighted by atomic mass is 10.1. The molecule has 0 aliphatic heterocycles. The summed E-state index contributed by atoms with van der Waals surface area (Å²) in [6.07, 6.45) is 2.64. The van der Waals surface area contributed by atoms with Gasteiger partial charge in [-0.05, 0) is 49.6 Å². The summed E-state index contributed by atoms with van der Waals surface area (Å²) in [7, 11) is 0. The Labute approximate surface area is 146 Å². The first-order valence-corrected chi connectivity index (χ1v) is 7.56. The van der Waals surface area contributed by atoms with Crippen molar-refractivity contribution in [3.05, 3.63) is 39.2 Å². The molecule has 0 spiro atoms. The number of nitrogens with one attached hydrogen (secondary N) is 1. The molecule has 3 N–H and O–H groups in total. The Balaban J connectivity index is 0.00000242. The van der Waals surface area contributed by atoms with Gasteiger partial charge in [-0.3, -0.25) is 0 Å². The summed E-state index contributed by atoms with van der Waals surface area (Å²) in [5.74, 6) is 0.616. The van der Waals surface area contributed by atoms with Crippen LogP contribution < -0.4 is 11.1 Å². The highest BCUT2D eigenvalue weighted by Crippen LogP contribution is 2.25. The number of hydrogen-bond donors (Lipinski definition) is 2. The molecule has 0 aliphatic rings. The molecule has 0 amide bonds. The van der Waals surface area contributed by atoms with Crippen LogP contribution in [0.5, 0.6) is 0 Å². The molecule has 0 atom stereocenters. The Morgan fingerprint density at radius 1 is 1.23 bits per heavy atom. The number of anilines is 1. The molecule has 22 heavy (non-hydrogen) atoms. The maximum absolute atomic E-state index is 6.19. The second kappa shape index (κ2) is 9.20. The average Bonchev–Trinajstić information content (AvgIpc) is 2.86. The zero-order valence-corrected chi connectivity index (χ0v) is 14.6. The molecule has 2 rings (SSSR count). The van der Waals surface area contributed by atoms with Gasteiger partial charge in [-0.2, -0.15) is 0 Å². The van der Waals surface area contributed by atoms with E-state index in [-0.39, 0.29) is 12.4 Å². The van der Waals surface area contributed by atoms with Crippen molar-refractivity contribution < 1.29 is 4.42 Å². The van der Waals surface area contributed by atoms with Gasteiger partial charge in [0.15, 0.2) is 0 Å². The minimum atomic E-state index is 0. The van der Waals surface area contributed by atoms with Crippen molar-refractivity contribution in [2.24, 2.45) is 5.73 Å². The predicted molar refractivity (Wildman–Crippen MR) is 92.1 cm³/mol. The smallest absolute Gasteiger partial charge is 0.315 e. The fraction of sp³-hybridized carbons (Fsp3) is 0.429. The van der Waals surface area contributed by atoms with Gasteiger partial charge in [-0.25, -0.2) is 0 Å². The van der Waals surface area contributed by atoms with Crippen LogP contribution in [0.4, 0.5) is 6.01 Å². The minimum absolute atomic E-state index is 0. The van der Waals surface area contributed by atoms with Crippen molar-refractivity contribution in [2.75, 3.05) is 11.9 Å². The van der Waals surface area contributed by atoms with Crippen molar-refractivity contribution in [1.29, 1.82) is 0 Å². The Morgan fingerprint density at radius 3 is 2.68 bits per heavy atom. The monoisotopic (exact) mass is 364 g/mol. The molecule has 1 aromatic carbocycles. The summed E-state index contributed by atoms with van der Waals surface area (Å²) in [5.41, 5.74) is 7.43. The third kappa shape index (κ3) is 5.32. The molecule has 1 heterocycles. The molecular formula is C14H19Cl3N4O. The Hall–Kier alpha value is -1.01. The van der Waals surface area contributed by atoms with Crippen molar-refractivity contribution in [3.8, 4) is 0 Å². The normalized spacial score (nSPS) is 10.4. The second-order valence-corrected chi connectivity index (χ2v) is 5.63. The van der Waals surface area contributed by atoms with E-state index in [1.165, 1.54) is 0 Å². The number of nitrogens with zero attached hydrogens (tertiary/aromatic N) is 2. The molecule has 8 heteroatoms. The molecule has 5 nitrogen and oxygen atoms in total. The highest BCUT2D eigenvalue weighted by molar-refractivity contribution is 6.35. The van der Waals surface area contributed by atoms with Gasteiger partial charge in [0.25, 0.3) is 0 Å². The van der Waals surface area contributed by atoms with E-state index in [2.05, 4.69) is 15.5 Å². The molecular weight excluding hydrogens is 347 g/mol. The number of halogens is 3. The zero-order valence-electron chi connectivity index (χ0n) is 12.2. The molecule has 1 aromatic heterocycles. The van der Waals surface area contributed by atoms with E-state index in [0.717, 1.165) is 30.4 Å². The zero-order chi connectivity index (χ0) is 15.2. The van der Waals surface area contributed by atoms with Crippen LogP contribution in [-0.2, 0) is 13.0 Å². The van der Waals surface area contributed by atoms with Gasteiger partial charge < -0.3 is 15.5 Å². The largest absolute Gasteiger partial charge is 0.408 e. The fourth-order valence-electron chi connectivity index (χ4n) is 1.97. The number of unbranched alkanes of at least 4 members (excludes halogenated alkanes) is 1. The number of aryl methyl sites for hydroxylation is 2. The van der Waals surface area contributed by atoms with E-state index < -0.39 is 0 Å². The van der Waals surface area contributed by atoms with E-state index in [1.54, 1.807) is 6.07 Å². The van der Waals surface area contributed by atoms with E-state index in [1.807, 2.05) is 13.0 Å². The molecule has 0 saturated carbocycles. The Morgan fingerprint density at radius 2 is 2.00 bits per heavy atom. The van der Waals surface area contributed by atoms with Gasteiger partial charge in [0.2, 0.25) is 5.89 Å². The summed E-state index contributed by atoms with van der Waals surface area (Å²) < 4.78 is 5.51. The molecule has 0 unspecified atom stereocenters. The lowest BCUT2D eigenvalue weighted by Gasteiger charge is -2.09. The number of rotatable bonds is 7. The summed E-state index contributed by atoms with van der Waals surface area (Å²) in [6.45, 7) is 3.14. The number of aromatic nitrogens is 2. The SMILES string of the molecule is Cc1cc(Cl)cc(Cl)c1CNc1nnc(CCCCN)o1.Cl. The number of hydrogen-bond acceptors (Lipinski definition) is 5. The molecule has 122 valence electrons. The molecule has 0 aliphatic carbocycles. The van der Waals surface area contributed by atoms with Gasteiger partial charge in [0.1, 0.15) is 0 Å². The van der Waals surface area contributed by atoms with Crippen LogP contribution in [0.2, 0.25) is 10.0 Å². The van der Waals surface area contributed by atoms with Gasteiger partial charge in [-0.15, -0.1) is 17.5 Å². The predicted octanol–water partition coefficient (Wildman–Crippen LogP) is 4.00. The minimum Gasteiger partial charge on any atom is -0.408 e. The van der Waals surface area contributed by atoms with E-state index in [9.17, 15) is 0 Å². The first kappa shape index (κ1) is 19.0. The highest BCUT2D eigenvalue weighted by Gasteiger charge is 2.09. The van der Waals surface area contributed by atoms with Crippen molar-refractivity contribution in [3.63, 3.8) is 0 Å². The lowest BCUT2D eigenvalue weighted by Crippen LogP contribution is -2.02. The van der Waals surface area contributed by atoms with Crippen LogP contribution >= 0.6 is 35.6 Å². The van der Waals surface area contributed by atoms with Gasteiger partial charge >= 0.3 is 6.01 Å². The van der Waals surface area contributed by atoms with Crippen molar-refractivity contribution in [2.45, 2.75) is 32.7 Å². The summed E-state index contributed by atoms with van der Waals surface area (Å²) in [5, 5.41) is 12.3. The van der Waals surface area contributed by atoms with Gasteiger partial charge in [-0.1, -0.05) is 28.3 Å². The van der Waals surface area contributed by atoms with Crippen LogP contribution in [0.15, 0.2) is 16.5 Å². The summed E-state index contributed by atoms with van der Waals surface area (Å²) in [6, 6.07) is 3.98. The standard InChI is InChI=1S/C14H18Cl2N4O.ClH/c1-9-6-10(15)7-12(16)11(9)8-18-14-20-19-13(21-14)4-2-3-5-17;/h6-7H,2-5,8,17H2,1H3,(H,18,20);1H.